The van der Waals surface area contributed by atoms with Gasteiger partial charge < -0.3 is 14.0 Å². The molecule has 0 bridgehead atoms. The highest BCUT2D eigenvalue weighted by molar-refractivity contribution is 6.00. The lowest BCUT2D eigenvalue weighted by Crippen LogP contribution is -2.15. The number of carbonyl (C=O) groups is 1. The van der Waals surface area contributed by atoms with Gasteiger partial charge in [-0.3, -0.25) is 10.1 Å². The second-order valence-corrected chi connectivity index (χ2v) is 4.37. The lowest BCUT2D eigenvalue weighted by Gasteiger charge is -2.18. The highest BCUT2D eigenvalue weighted by Gasteiger charge is 2.11. The molecule has 108 valence electrons. The van der Waals surface area contributed by atoms with Crippen molar-refractivity contribution in [1.29, 1.82) is 0 Å². The highest BCUT2D eigenvalue weighted by atomic mass is 16.6. The molecule has 0 saturated heterocycles. The van der Waals surface area contributed by atoms with Crippen LogP contribution in [0, 0.1) is 6.92 Å². The first kappa shape index (κ1) is 13.2. The summed E-state index contributed by atoms with van der Waals surface area (Å²) in [6, 6.07) is 5.54. The number of amides is 1. The molecule has 7 heteroatoms. The van der Waals surface area contributed by atoms with E-state index in [2.05, 4.69) is 15.5 Å². The zero-order chi connectivity index (χ0) is 14.7. The Balaban J connectivity index is 1.66. The van der Waals surface area contributed by atoms with Gasteiger partial charge in [-0.15, -0.1) is 0 Å². The van der Waals surface area contributed by atoms with E-state index in [0.717, 1.165) is 5.56 Å². The van der Waals surface area contributed by atoms with Gasteiger partial charge in [-0.05, 0) is 30.7 Å². The maximum atomic E-state index is 11.7. The van der Waals surface area contributed by atoms with Crippen molar-refractivity contribution in [3.8, 4) is 11.5 Å². The highest BCUT2D eigenvalue weighted by Crippen LogP contribution is 2.31. The Morgan fingerprint density at radius 1 is 1.29 bits per heavy atom. The molecule has 0 saturated carbocycles. The van der Waals surface area contributed by atoms with Crippen LogP contribution in [0.4, 0.5) is 6.01 Å². The Morgan fingerprint density at radius 2 is 2.10 bits per heavy atom. The van der Waals surface area contributed by atoms with Crippen molar-refractivity contribution in [2.75, 3.05) is 18.5 Å². The van der Waals surface area contributed by atoms with Gasteiger partial charge in [0.15, 0.2) is 17.3 Å². The van der Waals surface area contributed by atoms with Crippen LogP contribution in [0.2, 0.25) is 0 Å². The fourth-order valence-electron chi connectivity index (χ4n) is 1.83. The molecule has 1 amide bonds. The van der Waals surface area contributed by atoms with Gasteiger partial charge in [0, 0.05) is 6.08 Å². The molecule has 2 aromatic rings. The monoisotopic (exact) mass is 287 g/mol. The van der Waals surface area contributed by atoms with E-state index in [9.17, 15) is 4.79 Å². The minimum absolute atomic E-state index is 0.0734. The lowest BCUT2D eigenvalue weighted by atomic mass is 10.2. The Hall–Kier alpha value is -2.83. The fourth-order valence-corrected chi connectivity index (χ4v) is 1.83. The number of aryl methyl sites for hydroxylation is 1. The predicted molar refractivity (Wildman–Crippen MR) is 74.1 cm³/mol. The van der Waals surface area contributed by atoms with Crippen molar-refractivity contribution >= 4 is 18.0 Å². The summed E-state index contributed by atoms with van der Waals surface area (Å²) >= 11 is 0. The standard InChI is InChI=1S/C14H13N3O4/c1-9-15-14(21-17-9)16-13(18)5-3-10-2-4-11-12(8-10)20-7-6-19-11/h2-5,8H,6-7H2,1H3,(H,15,16,17,18). The van der Waals surface area contributed by atoms with E-state index in [0.29, 0.717) is 30.5 Å². The first-order chi connectivity index (χ1) is 10.2. The van der Waals surface area contributed by atoms with Crippen LogP contribution in [-0.4, -0.2) is 29.3 Å². The molecule has 1 aliphatic heterocycles. The third-order valence-corrected chi connectivity index (χ3v) is 2.75. The maximum absolute atomic E-state index is 11.7. The van der Waals surface area contributed by atoms with E-state index < -0.39 is 0 Å². The SMILES string of the molecule is Cc1noc(NC(=O)C=Cc2ccc3c(c2)OCCO3)n1. The molecule has 1 aromatic heterocycles. The van der Waals surface area contributed by atoms with E-state index in [1.165, 1.54) is 6.08 Å². The van der Waals surface area contributed by atoms with E-state index in [-0.39, 0.29) is 11.9 Å². The molecule has 0 radical (unpaired) electrons. The average molecular weight is 287 g/mol. The smallest absolute Gasteiger partial charge is 0.328 e. The average Bonchev–Trinajstić information content (AvgIpc) is 2.90. The molecule has 1 aliphatic rings. The van der Waals surface area contributed by atoms with Crippen molar-refractivity contribution in [3.63, 3.8) is 0 Å². The summed E-state index contributed by atoms with van der Waals surface area (Å²) in [5.74, 6) is 1.50. The number of aromatic nitrogens is 2. The molecule has 7 nitrogen and oxygen atoms in total. The number of anilines is 1. The number of nitrogens with one attached hydrogen (secondary N) is 1. The lowest BCUT2D eigenvalue weighted by molar-refractivity contribution is -0.112. The summed E-state index contributed by atoms with van der Waals surface area (Å²) in [4.78, 5) is 15.6. The number of fused-ring (bicyclic) bond motifs is 1. The number of ether oxygens (including phenoxy) is 2. The van der Waals surface area contributed by atoms with Crippen molar-refractivity contribution < 1.29 is 18.8 Å². The quantitative estimate of drug-likeness (QED) is 0.866. The van der Waals surface area contributed by atoms with Crippen LogP contribution in [-0.2, 0) is 4.79 Å². The number of benzene rings is 1. The van der Waals surface area contributed by atoms with Gasteiger partial charge in [0.1, 0.15) is 13.2 Å². The zero-order valence-corrected chi connectivity index (χ0v) is 11.3. The molecule has 0 atom stereocenters. The number of rotatable bonds is 3. The first-order valence-electron chi connectivity index (χ1n) is 6.40. The summed E-state index contributed by atoms with van der Waals surface area (Å²) in [6.07, 6.45) is 3.04. The van der Waals surface area contributed by atoms with E-state index in [1.807, 2.05) is 18.2 Å². The minimum atomic E-state index is -0.353. The van der Waals surface area contributed by atoms with Crippen LogP contribution in [0.3, 0.4) is 0 Å². The molecule has 3 rings (SSSR count). The summed E-state index contributed by atoms with van der Waals surface area (Å²) in [7, 11) is 0. The van der Waals surface area contributed by atoms with Crippen molar-refractivity contribution in [3.05, 3.63) is 35.7 Å². The van der Waals surface area contributed by atoms with Crippen molar-refractivity contribution in [2.45, 2.75) is 6.92 Å². The van der Waals surface area contributed by atoms with Gasteiger partial charge in [0.2, 0.25) is 0 Å². The van der Waals surface area contributed by atoms with Crippen LogP contribution >= 0.6 is 0 Å². The Kier molecular flexibility index (Phi) is 3.55. The second kappa shape index (κ2) is 5.66. The molecular weight excluding hydrogens is 274 g/mol. The molecule has 0 aliphatic carbocycles. The Bertz CT molecular complexity index is 693. The molecule has 2 heterocycles. The summed E-state index contributed by atoms with van der Waals surface area (Å²) in [5.41, 5.74) is 0.830. The largest absolute Gasteiger partial charge is 0.486 e. The number of nitrogens with zero attached hydrogens (tertiary/aromatic N) is 2. The molecular formula is C14H13N3O4. The van der Waals surface area contributed by atoms with Gasteiger partial charge >= 0.3 is 6.01 Å². The van der Waals surface area contributed by atoms with E-state index in [1.54, 1.807) is 13.0 Å². The number of hydrogen-bond acceptors (Lipinski definition) is 6. The molecule has 1 N–H and O–H groups in total. The number of carbonyl (C=O) groups excluding carboxylic acids is 1. The van der Waals surface area contributed by atoms with Gasteiger partial charge in [-0.25, -0.2) is 0 Å². The fraction of sp³-hybridized carbons (Fsp3) is 0.214. The van der Waals surface area contributed by atoms with Gasteiger partial charge in [0.05, 0.1) is 0 Å². The van der Waals surface area contributed by atoms with Gasteiger partial charge in [-0.1, -0.05) is 11.2 Å². The second-order valence-electron chi connectivity index (χ2n) is 4.37. The molecule has 0 fully saturated rings. The minimum Gasteiger partial charge on any atom is -0.486 e. The van der Waals surface area contributed by atoms with Crippen LogP contribution in [0.15, 0.2) is 28.8 Å². The first-order valence-corrected chi connectivity index (χ1v) is 6.40. The maximum Gasteiger partial charge on any atom is 0.328 e. The van der Waals surface area contributed by atoms with Crippen LogP contribution < -0.4 is 14.8 Å². The topological polar surface area (TPSA) is 86.5 Å². The van der Waals surface area contributed by atoms with Crippen molar-refractivity contribution in [2.24, 2.45) is 0 Å². The van der Waals surface area contributed by atoms with E-state index >= 15 is 0 Å². The van der Waals surface area contributed by atoms with Gasteiger partial charge in [-0.2, -0.15) is 4.98 Å². The normalized spacial score (nSPS) is 13.4. The van der Waals surface area contributed by atoms with E-state index in [4.69, 9.17) is 14.0 Å². The molecule has 0 unspecified atom stereocenters. The van der Waals surface area contributed by atoms with Gasteiger partial charge in [0.25, 0.3) is 5.91 Å². The van der Waals surface area contributed by atoms with Crippen molar-refractivity contribution in [1.82, 2.24) is 10.1 Å². The van der Waals surface area contributed by atoms with Crippen LogP contribution in [0.1, 0.15) is 11.4 Å². The predicted octanol–water partition coefficient (Wildman–Crippen LogP) is 1.80. The Morgan fingerprint density at radius 3 is 2.86 bits per heavy atom. The third kappa shape index (κ3) is 3.19. The number of hydrogen-bond donors (Lipinski definition) is 1. The van der Waals surface area contributed by atoms with Crippen LogP contribution in [0.25, 0.3) is 6.08 Å². The van der Waals surface area contributed by atoms with Crippen LogP contribution in [0.5, 0.6) is 11.5 Å². The molecule has 0 spiro atoms. The summed E-state index contributed by atoms with van der Waals surface area (Å²) in [6.45, 7) is 2.75. The third-order valence-electron chi connectivity index (χ3n) is 2.75. The Labute approximate surface area is 120 Å². The zero-order valence-electron chi connectivity index (χ0n) is 11.3. The summed E-state index contributed by atoms with van der Waals surface area (Å²) < 4.78 is 15.7. The molecule has 21 heavy (non-hydrogen) atoms. The molecule has 1 aromatic carbocycles. The summed E-state index contributed by atoms with van der Waals surface area (Å²) in [5, 5.41) is 6.05.